The molecule has 0 saturated heterocycles. The van der Waals surface area contributed by atoms with Crippen LogP contribution in [-0.4, -0.2) is 61.1 Å². The number of rotatable bonds is 9. The molecule has 0 N–H and O–H groups in total. The molecule has 0 radical (unpaired) electrons. The summed E-state index contributed by atoms with van der Waals surface area (Å²) in [7, 11) is 2.10. The average molecular weight is 350 g/mol. The summed E-state index contributed by atoms with van der Waals surface area (Å²) >= 11 is 0. The number of likely N-dealkylation sites (N-methyl/N-ethyl adjacent to an activating group) is 1. The number of aromatic nitrogens is 2. The lowest BCUT2D eigenvalue weighted by molar-refractivity contribution is 0.330. The van der Waals surface area contributed by atoms with Crippen LogP contribution in [0, 0.1) is 0 Å². The van der Waals surface area contributed by atoms with Gasteiger partial charge in [-0.25, -0.2) is 8.42 Å². The Kier molecular flexibility index (Phi) is 6.53. The number of sulfonamides is 1. The van der Waals surface area contributed by atoms with Gasteiger partial charge >= 0.3 is 0 Å². The van der Waals surface area contributed by atoms with Crippen LogP contribution in [0.15, 0.2) is 47.6 Å². The van der Waals surface area contributed by atoms with Crippen molar-refractivity contribution in [3.05, 3.63) is 48.3 Å². The maximum Gasteiger partial charge on any atom is 0.246 e. The smallest absolute Gasteiger partial charge is 0.246 e. The molecule has 0 aliphatic carbocycles. The molecule has 0 bridgehead atoms. The van der Waals surface area contributed by atoms with Crippen molar-refractivity contribution >= 4 is 10.0 Å². The Hall–Kier alpha value is -1.70. The van der Waals surface area contributed by atoms with Gasteiger partial charge in [-0.1, -0.05) is 30.3 Å². The predicted octanol–water partition coefficient (Wildman–Crippen LogP) is 1.61. The van der Waals surface area contributed by atoms with E-state index in [0.717, 1.165) is 12.8 Å². The number of aryl methyl sites for hydroxylation is 2. The lowest BCUT2D eigenvalue weighted by Gasteiger charge is -2.23. The second-order valence-electron chi connectivity index (χ2n) is 6.15. The fourth-order valence-corrected chi connectivity index (χ4v) is 3.90. The first-order valence-electron chi connectivity index (χ1n) is 8.07. The molecule has 2 aromatic rings. The highest BCUT2D eigenvalue weighted by molar-refractivity contribution is 7.89. The summed E-state index contributed by atoms with van der Waals surface area (Å²) in [5.41, 5.74) is 1.23. The Bertz CT molecular complexity index is 726. The largest absolute Gasteiger partial charge is 0.308 e. The Morgan fingerprint density at radius 2 is 1.79 bits per heavy atom. The van der Waals surface area contributed by atoms with Crippen LogP contribution in [0.25, 0.3) is 0 Å². The monoisotopic (exact) mass is 350 g/mol. The quantitative estimate of drug-likeness (QED) is 0.689. The van der Waals surface area contributed by atoms with Crippen molar-refractivity contribution in [1.82, 2.24) is 19.0 Å². The van der Waals surface area contributed by atoms with Gasteiger partial charge in [-0.2, -0.15) is 9.40 Å². The molecule has 0 amide bonds. The molecule has 0 atom stereocenters. The van der Waals surface area contributed by atoms with Crippen LogP contribution in [-0.2, 0) is 23.5 Å². The molecule has 1 aromatic heterocycles. The van der Waals surface area contributed by atoms with Gasteiger partial charge in [0.25, 0.3) is 0 Å². The molecule has 7 heteroatoms. The summed E-state index contributed by atoms with van der Waals surface area (Å²) < 4.78 is 28.8. The van der Waals surface area contributed by atoms with E-state index < -0.39 is 10.0 Å². The third-order valence-corrected chi connectivity index (χ3v) is 5.68. The fourth-order valence-electron chi connectivity index (χ4n) is 2.45. The lowest BCUT2D eigenvalue weighted by Crippen LogP contribution is -2.37. The van der Waals surface area contributed by atoms with E-state index in [1.54, 1.807) is 17.5 Å². The minimum Gasteiger partial charge on any atom is -0.308 e. The first kappa shape index (κ1) is 18.6. The fraction of sp³-hybridized carbons (Fsp3) is 0.471. The zero-order valence-electron chi connectivity index (χ0n) is 14.6. The molecule has 1 aromatic carbocycles. The molecule has 0 saturated carbocycles. The van der Waals surface area contributed by atoms with Crippen LogP contribution in [0.4, 0.5) is 0 Å². The first-order valence-corrected chi connectivity index (χ1v) is 9.51. The maximum atomic E-state index is 12.9. The van der Waals surface area contributed by atoms with Crippen molar-refractivity contribution in [2.24, 2.45) is 7.05 Å². The Morgan fingerprint density at radius 3 is 2.38 bits per heavy atom. The van der Waals surface area contributed by atoms with Crippen molar-refractivity contribution in [2.45, 2.75) is 17.7 Å². The van der Waals surface area contributed by atoms with Crippen molar-refractivity contribution in [3.63, 3.8) is 0 Å². The van der Waals surface area contributed by atoms with Gasteiger partial charge in [0.05, 0.1) is 6.20 Å². The summed E-state index contributed by atoms with van der Waals surface area (Å²) in [6.45, 7) is 1.66. The second-order valence-corrected chi connectivity index (χ2v) is 8.08. The van der Waals surface area contributed by atoms with Gasteiger partial charge in [-0.3, -0.25) is 4.68 Å². The molecule has 6 nitrogen and oxygen atoms in total. The lowest BCUT2D eigenvalue weighted by atomic mass is 10.1. The highest BCUT2D eigenvalue weighted by Gasteiger charge is 2.25. The Labute approximate surface area is 144 Å². The van der Waals surface area contributed by atoms with E-state index in [1.165, 1.54) is 16.4 Å². The summed E-state index contributed by atoms with van der Waals surface area (Å²) in [5, 5.41) is 3.99. The van der Waals surface area contributed by atoms with Gasteiger partial charge in [-0.05, 0) is 32.5 Å². The van der Waals surface area contributed by atoms with Gasteiger partial charge < -0.3 is 4.90 Å². The van der Waals surface area contributed by atoms with E-state index in [0.29, 0.717) is 19.6 Å². The van der Waals surface area contributed by atoms with E-state index >= 15 is 0 Å². The summed E-state index contributed by atoms with van der Waals surface area (Å²) in [5.74, 6) is 0. The maximum absolute atomic E-state index is 12.9. The number of hydrogen-bond donors (Lipinski definition) is 0. The standard InChI is InChI=1S/C17H26N4O2S/c1-19(2)12-13-21(11-7-10-16-8-5-4-6-9-16)24(22,23)17-14-18-20(3)15-17/h4-6,8-9,14-15H,7,10-13H2,1-3H3. The highest BCUT2D eigenvalue weighted by Crippen LogP contribution is 2.15. The third-order valence-electron chi connectivity index (χ3n) is 3.83. The van der Waals surface area contributed by atoms with E-state index in [4.69, 9.17) is 0 Å². The normalized spacial score (nSPS) is 12.2. The van der Waals surface area contributed by atoms with Crippen LogP contribution < -0.4 is 0 Å². The Balaban J connectivity index is 2.06. The SMILES string of the molecule is CN(C)CCN(CCCc1ccccc1)S(=O)(=O)c1cnn(C)c1. The van der Waals surface area contributed by atoms with E-state index in [-0.39, 0.29) is 4.90 Å². The van der Waals surface area contributed by atoms with Crippen LogP contribution >= 0.6 is 0 Å². The topological polar surface area (TPSA) is 58.4 Å². The van der Waals surface area contributed by atoms with E-state index in [1.807, 2.05) is 37.2 Å². The highest BCUT2D eigenvalue weighted by atomic mass is 32.2. The van der Waals surface area contributed by atoms with Crippen molar-refractivity contribution in [2.75, 3.05) is 33.7 Å². The van der Waals surface area contributed by atoms with Gasteiger partial charge in [0.2, 0.25) is 10.0 Å². The number of hydrogen-bond acceptors (Lipinski definition) is 4. The van der Waals surface area contributed by atoms with Gasteiger partial charge in [0.1, 0.15) is 4.90 Å². The molecule has 0 spiro atoms. The van der Waals surface area contributed by atoms with Crippen LogP contribution in [0.3, 0.4) is 0 Å². The van der Waals surface area contributed by atoms with Crippen LogP contribution in [0.5, 0.6) is 0 Å². The summed E-state index contributed by atoms with van der Waals surface area (Å²) in [6, 6.07) is 10.1. The van der Waals surface area contributed by atoms with E-state index in [2.05, 4.69) is 17.2 Å². The van der Waals surface area contributed by atoms with Gasteiger partial charge in [-0.15, -0.1) is 0 Å². The predicted molar refractivity (Wildman–Crippen MR) is 95.3 cm³/mol. The Morgan fingerprint density at radius 1 is 1.08 bits per heavy atom. The number of nitrogens with zero attached hydrogens (tertiary/aromatic N) is 4. The van der Waals surface area contributed by atoms with Gasteiger partial charge in [0, 0.05) is 32.9 Å². The molecule has 0 unspecified atom stereocenters. The molecule has 132 valence electrons. The zero-order valence-corrected chi connectivity index (χ0v) is 15.4. The molecule has 2 rings (SSSR count). The summed E-state index contributed by atoms with van der Waals surface area (Å²) in [4.78, 5) is 2.24. The summed E-state index contributed by atoms with van der Waals surface area (Å²) in [6.07, 6.45) is 4.61. The minimum atomic E-state index is -3.51. The average Bonchev–Trinajstić information content (AvgIpc) is 2.98. The zero-order chi connectivity index (χ0) is 17.6. The molecule has 24 heavy (non-hydrogen) atoms. The molecule has 0 aliphatic heterocycles. The van der Waals surface area contributed by atoms with Crippen LogP contribution in [0.1, 0.15) is 12.0 Å². The molecule has 1 heterocycles. The van der Waals surface area contributed by atoms with Crippen LogP contribution in [0.2, 0.25) is 0 Å². The molecular formula is C17H26N4O2S. The van der Waals surface area contributed by atoms with E-state index in [9.17, 15) is 8.42 Å². The third kappa shape index (κ3) is 5.15. The molecule has 0 aliphatic rings. The minimum absolute atomic E-state index is 0.253. The molecular weight excluding hydrogens is 324 g/mol. The van der Waals surface area contributed by atoms with Crippen molar-refractivity contribution < 1.29 is 8.42 Å². The van der Waals surface area contributed by atoms with Crippen molar-refractivity contribution in [1.29, 1.82) is 0 Å². The second kappa shape index (κ2) is 8.41. The first-order chi connectivity index (χ1) is 11.4. The number of benzene rings is 1. The van der Waals surface area contributed by atoms with Crippen molar-refractivity contribution in [3.8, 4) is 0 Å². The molecule has 0 fully saturated rings. The van der Waals surface area contributed by atoms with Gasteiger partial charge in [0.15, 0.2) is 0 Å².